The van der Waals surface area contributed by atoms with Crippen LogP contribution in [0.2, 0.25) is 0 Å². The van der Waals surface area contributed by atoms with Crippen LogP contribution < -0.4 is 0 Å². The fourth-order valence-corrected chi connectivity index (χ4v) is 4.82. The molecule has 5 nitrogen and oxygen atoms in total. The van der Waals surface area contributed by atoms with Gasteiger partial charge in [0.15, 0.2) is 6.29 Å². The summed E-state index contributed by atoms with van der Waals surface area (Å²) < 4.78 is 8.67. The van der Waals surface area contributed by atoms with Crippen LogP contribution in [0, 0.1) is 0 Å². The fraction of sp³-hybridized carbons (Fsp3) is 0. The molecule has 4 aromatic rings. The van der Waals surface area contributed by atoms with Crippen molar-refractivity contribution in [3.05, 3.63) is 46.2 Å². The van der Waals surface area contributed by atoms with Crippen LogP contribution in [-0.2, 0) is 0 Å². The first-order valence-corrected chi connectivity index (χ1v) is 9.29. The molecule has 0 saturated heterocycles. The van der Waals surface area contributed by atoms with Crippen LogP contribution in [0.5, 0.6) is 0 Å². The van der Waals surface area contributed by atoms with Crippen molar-refractivity contribution in [2.75, 3.05) is 0 Å². The van der Waals surface area contributed by atoms with E-state index in [0.717, 1.165) is 21.5 Å². The number of aromatic nitrogens is 2. The van der Waals surface area contributed by atoms with Crippen molar-refractivity contribution in [1.82, 2.24) is 8.75 Å². The van der Waals surface area contributed by atoms with Gasteiger partial charge in [0, 0.05) is 26.4 Å². The molecule has 0 saturated carbocycles. The minimum atomic E-state index is -1.15. The molecule has 0 fully saturated rings. The minimum absolute atomic E-state index is 0.0175. The molecule has 0 unspecified atom stereocenters. The maximum Gasteiger partial charge on any atom is 0.337 e. The van der Waals surface area contributed by atoms with Crippen LogP contribution in [0.25, 0.3) is 31.9 Å². The van der Waals surface area contributed by atoms with Gasteiger partial charge < -0.3 is 5.11 Å². The predicted molar refractivity (Wildman–Crippen MR) is 96.4 cm³/mol. The van der Waals surface area contributed by atoms with Gasteiger partial charge in [-0.05, 0) is 22.9 Å². The molecular formula is C16H8N2O3S3. The second kappa shape index (κ2) is 5.90. The summed E-state index contributed by atoms with van der Waals surface area (Å²) in [6.07, 6.45) is 0.606. The standard InChI is InChI=1S/C16H8N2O3S3/c19-7-8-11(9-3-1-5-22-9)14-15(18-24-17-14)13(12(8)16(20)21)10-4-2-6-23-10/h1-7H,(H,20,21). The molecule has 118 valence electrons. The maximum atomic E-state index is 12.0. The molecule has 0 atom stereocenters. The first kappa shape index (κ1) is 15.1. The maximum absolute atomic E-state index is 12.0. The number of rotatable bonds is 4. The van der Waals surface area contributed by atoms with Crippen molar-refractivity contribution in [3.63, 3.8) is 0 Å². The van der Waals surface area contributed by atoms with E-state index in [9.17, 15) is 14.7 Å². The zero-order chi connectivity index (χ0) is 16.7. The molecule has 1 aromatic carbocycles. The van der Waals surface area contributed by atoms with E-state index in [2.05, 4.69) is 8.75 Å². The minimum Gasteiger partial charge on any atom is -0.478 e. The SMILES string of the molecule is O=Cc1c(C(=O)O)c(-c2cccs2)c2nsnc2c1-c1cccs1. The number of carbonyl (C=O) groups is 2. The van der Waals surface area contributed by atoms with Crippen molar-refractivity contribution >= 4 is 57.7 Å². The number of carbonyl (C=O) groups excluding carboxylic acids is 1. The van der Waals surface area contributed by atoms with Crippen LogP contribution >= 0.6 is 34.4 Å². The Bertz CT molecular complexity index is 1050. The largest absolute Gasteiger partial charge is 0.478 e. The van der Waals surface area contributed by atoms with Crippen LogP contribution in [0.4, 0.5) is 0 Å². The zero-order valence-electron chi connectivity index (χ0n) is 11.9. The Balaban J connectivity index is 2.24. The molecule has 3 heterocycles. The monoisotopic (exact) mass is 372 g/mol. The van der Waals surface area contributed by atoms with Crippen LogP contribution in [-0.4, -0.2) is 26.1 Å². The number of benzene rings is 1. The molecule has 0 aliphatic heterocycles. The van der Waals surface area contributed by atoms with E-state index < -0.39 is 5.97 Å². The van der Waals surface area contributed by atoms with Gasteiger partial charge in [0.05, 0.1) is 17.3 Å². The molecule has 0 amide bonds. The Hall–Kier alpha value is -2.42. The van der Waals surface area contributed by atoms with Gasteiger partial charge >= 0.3 is 5.97 Å². The summed E-state index contributed by atoms with van der Waals surface area (Å²) in [6, 6.07) is 7.37. The van der Waals surface area contributed by atoms with Crippen molar-refractivity contribution in [2.24, 2.45) is 0 Å². The lowest BCUT2D eigenvalue weighted by Gasteiger charge is -2.12. The normalized spacial score (nSPS) is 11.0. The summed E-state index contributed by atoms with van der Waals surface area (Å²) >= 11 is 3.86. The number of aromatic carboxylic acids is 1. The smallest absolute Gasteiger partial charge is 0.337 e. The first-order valence-electron chi connectivity index (χ1n) is 6.80. The van der Waals surface area contributed by atoms with Crippen molar-refractivity contribution < 1.29 is 14.7 Å². The summed E-state index contributed by atoms with van der Waals surface area (Å²) in [5.74, 6) is -1.15. The molecule has 0 bridgehead atoms. The van der Waals surface area contributed by atoms with Gasteiger partial charge in [-0.2, -0.15) is 8.75 Å². The number of hydrogen-bond donors (Lipinski definition) is 1. The highest BCUT2D eigenvalue weighted by Crippen LogP contribution is 2.42. The Labute approximate surface area is 148 Å². The fourth-order valence-electron chi connectivity index (χ4n) is 2.69. The number of aldehydes is 1. The summed E-state index contributed by atoms with van der Waals surface area (Å²) in [6.45, 7) is 0. The van der Waals surface area contributed by atoms with Crippen LogP contribution in [0.1, 0.15) is 20.7 Å². The quantitative estimate of drug-likeness (QED) is 0.527. The molecule has 1 N–H and O–H groups in total. The average molecular weight is 372 g/mol. The number of nitrogens with zero attached hydrogens (tertiary/aromatic N) is 2. The highest BCUT2D eigenvalue weighted by Gasteiger charge is 2.28. The van der Waals surface area contributed by atoms with E-state index in [-0.39, 0.29) is 11.1 Å². The highest BCUT2D eigenvalue weighted by molar-refractivity contribution is 7.14. The van der Waals surface area contributed by atoms with E-state index in [1.54, 1.807) is 0 Å². The second-order valence-electron chi connectivity index (χ2n) is 4.88. The Morgan fingerprint density at radius 1 is 1.00 bits per heavy atom. The number of carboxylic acids is 1. The van der Waals surface area contributed by atoms with Crippen molar-refractivity contribution in [1.29, 1.82) is 0 Å². The van der Waals surface area contributed by atoms with Gasteiger partial charge in [-0.15, -0.1) is 22.7 Å². The Morgan fingerprint density at radius 3 is 2.08 bits per heavy atom. The van der Waals surface area contributed by atoms with Crippen LogP contribution in [0.15, 0.2) is 35.0 Å². The molecule has 8 heteroatoms. The molecule has 0 radical (unpaired) electrons. The van der Waals surface area contributed by atoms with Gasteiger partial charge in [0.1, 0.15) is 11.0 Å². The van der Waals surface area contributed by atoms with Crippen molar-refractivity contribution in [3.8, 4) is 20.9 Å². The molecule has 0 aliphatic rings. The molecule has 3 aromatic heterocycles. The number of fused-ring (bicyclic) bond motifs is 1. The zero-order valence-corrected chi connectivity index (χ0v) is 14.4. The molecule has 0 spiro atoms. The number of carboxylic acid groups (broad SMARTS) is 1. The number of thiophene rings is 2. The summed E-state index contributed by atoms with van der Waals surface area (Å²) in [5.41, 5.74) is 2.22. The van der Waals surface area contributed by atoms with E-state index in [1.165, 1.54) is 22.7 Å². The Morgan fingerprint density at radius 2 is 1.58 bits per heavy atom. The van der Waals surface area contributed by atoms with Crippen molar-refractivity contribution in [2.45, 2.75) is 0 Å². The third kappa shape index (κ3) is 2.19. The number of hydrogen-bond acceptors (Lipinski definition) is 7. The van der Waals surface area contributed by atoms with Gasteiger partial charge in [-0.25, -0.2) is 4.79 Å². The Kier molecular flexibility index (Phi) is 3.72. The van der Waals surface area contributed by atoms with E-state index in [1.807, 2.05) is 35.0 Å². The molecule has 24 heavy (non-hydrogen) atoms. The van der Waals surface area contributed by atoms with E-state index in [4.69, 9.17) is 0 Å². The van der Waals surface area contributed by atoms with E-state index in [0.29, 0.717) is 28.4 Å². The topological polar surface area (TPSA) is 80.2 Å². The lowest BCUT2D eigenvalue weighted by molar-refractivity contribution is 0.0695. The van der Waals surface area contributed by atoms with Gasteiger partial charge in [-0.1, -0.05) is 12.1 Å². The first-order chi connectivity index (χ1) is 11.7. The summed E-state index contributed by atoms with van der Waals surface area (Å²) in [5, 5.41) is 13.5. The molecule has 4 rings (SSSR count). The van der Waals surface area contributed by atoms with Gasteiger partial charge in [0.2, 0.25) is 0 Å². The molecule has 0 aliphatic carbocycles. The van der Waals surface area contributed by atoms with Gasteiger partial charge in [-0.3, -0.25) is 4.79 Å². The van der Waals surface area contributed by atoms with Crippen LogP contribution in [0.3, 0.4) is 0 Å². The summed E-state index contributed by atoms with van der Waals surface area (Å²) in [7, 11) is 0. The highest BCUT2D eigenvalue weighted by atomic mass is 32.1. The molecular weight excluding hydrogens is 364 g/mol. The lowest BCUT2D eigenvalue weighted by Crippen LogP contribution is -2.07. The summed E-state index contributed by atoms with van der Waals surface area (Å²) in [4.78, 5) is 25.4. The lowest BCUT2D eigenvalue weighted by atomic mass is 9.92. The third-order valence-electron chi connectivity index (χ3n) is 3.62. The average Bonchev–Trinajstić information content (AvgIpc) is 3.33. The van der Waals surface area contributed by atoms with E-state index >= 15 is 0 Å². The second-order valence-corrected chi connectivity index (χ2v) is 7.30. The van der Waals surface area contributed by atoms with Gasteiger partial charge in [0.25, 0.3) is 0 Å². The third-order valence-corrected chi connectivity index (χ3v) is 5.92. The predicted octanol–water partition coefficient (Wildman–Crippen LogP) is 4.66.